The number of rotatable bonds is 2. The zero-order valence-electron chi connectivity index (χ0n) is 10.5. The molecule has 3 rings (SSSR count). The van der Waals surface area contributed by atoms with Crippen molar-refractivity contribution in [1.29, 1.82) is 0 Å². The molecule has 1 aromatic carbocycles. The molecule has 108 valence electrons. The summed E-state index contributed by atoms with van der Waals surface area (Å²) < 4.78 is 41.0. The Hall–Kier alpha value is -2.13. The molecule has 0 spiro atoms. The van der Waals surface area contributed by atoms with Gasteiger partial charge in [0.15, 0.2) is 5.01 Å². The molecule has 0 aliphatic carbocycles. The lowest BCUT2D eigenvalue weighted by Crippen LogP contribution is -2.04. The highest BCUT2D eigenvalue weighted by Crippen LogP contribution is 2.25. The second-order valence-electron chi connectivity index (χ2n) is 4.26. The standard InChI is InChI=1S/C12H7FN2O4S2/c1-21(17,18)12-15-14-11(20-12)8-5-19-9-3-2-6(13)4-7(9)10(8)16/h2-5H,1H3. The van der Waals surface area contributed by atoms with Crippen LogP contribution in [0.3, 0.4) is 0 Å². The Morgan fingerprint density at radius 1 is 1.29 bits per heavy atom. The van der Waals surface area contributed by atoms with Crippen LogP contribution in [0.5, 0.6) is 0 Å². The van der Waals surface area contributed by atoms with Crippen LogP contribution in [0.1, 0.15) is 0 Å². The van der Waals surface area contributed by atoms with Crippen LogP contribution in [-0.2, 0) is 9.84 Å². The summed E-state index contributed by atoms with van der Waals surface area (Å²) in [6.07, 6.45) is 2.16. The van der Waals surface area contributed by atoms with Gasteiger partial charge in [0.25, 0.3) is 0 Å². The predicted octanol–water partition coefficient (Wildman–Crippen LogP) is 1.85. The second kappa shape index (κ2) is 4.71. The van der Waals surface area contributed by atoms with Crippen LogP contribution in [0.15, 0.2) is 38.0 Å². The fraction of sp³-hybridized carbons (Fsp3) is 0.0833. The van der Waals surface area contributed by atoms with Gasteiger partial charge in [-0.25, -0.2) is 12.8 Å². The fourth-order valence-corrected chi connectivity index (χ4v) is 3.33. The summed E-state index contributed by atoms with van der Waals surface area (Å²) in [7, 11) is -3.50. The lowest BCUT2D eigenvalue weighted by molar-refractivity contribution is 0.597. The van der Waals surface area contributed by atoms with Crippen molar-refractivity contribution in [2.75, 3.05) is 6.26 Å². The minimum atomic E-state index is -3.50. The highest BCUT2D eigenvalue weighted by molar-refractivity contribution is 7.92. The zero-order chi connectivity index (χ0) is 15.2. The average Bonchev–Trinajstić information content (AvgIpc) is 2.89. The van der Waals surface area contributed by atoms with Crippen molar-refractivity contribution in [2.45, 2.75) is 4.34 Å². The van der Waals surface area contributed by atoms with E-state index in [-0.39, 0.29) is 25.9 Å². The third-order valence-electron chi connectivity index (χ3n) is 2.69. The normalized spacial score (nSPS) is 11.9. The Balaban J connectivity index is 2.24. The first-order chi connectivity index (χ1) is 9.86. The third-order valence-corrected chi connectivity index (χ3v) is 5.31. The first kappa shape index (κ1) is 13.8. The van der Waals surface area contributed by atoms with Gasteiger partial charge in [0.2, 0.25) is 19.6 Å². The molecule has 0 amide bonds. The average molecular weight is 326 g/mol. The Morgan fingerprint density at radius 3 is 2.71 bits per heavy atom. The number of aromatic nitrogens is 2. The molecule has 0 N–H and O–H groups in total. The maximum atomic E-state index is 13.2. The molecule has 0 aliphatic rings. The number of hydrogen-bond donors (Lipinski definition) is 0. The van der Waals surface area contributed by atoms with Crippen LogP contribution in [0, 0.1) is 5.82 Å². The molecule has 0 fully saturated rings. The van der Waals surface area contributed by atoms with Gasteiger partial charge < -0.3 is 4.42 Å². The van der Waals surface area contributed by atoms with Crippen molar-refractivity contribution in [3.8, 4) is 10.6 Å². The number of hydrogen-bond acceptors (Lipinski definition) is 7. The van der Waals surface area contributed by atoms with Crippen molar-refractivity contribution in [3.05, 3.63) is 40.5 Å². The van der Waals surface area contributed by atoms with Gasteiger partial charge in [-0.3, -0.25) is 4.79 Å². The zero-order valence-corrected chi connectivity index (χ0v) is 12.2. The van der Waals surface area contributed by atoms with E-state index in [9.17, 15) is 17.6 Å². The smallest absolute Gasteiger partial charge is 0.232 e. The molecule has 0 atom stereocenters. The summed E-state index contributed by atoms with van der Waals surface area (Å²) in [5.74, 6) is -0.568. The maximum absolute atomic E-state index is 13.2. The first-order valence-electron chi connectivity index (χ1n) is 5.61. The van der Waals surface area contributed by atoms with Crippen molar-refractivity contribution < 1.29 is 17.2 Å². The summed E-state index contributed by atoms with van der Waals surface area (Å²) >= 11 is 0.756. The van der Waals surface area contributed by atoms with Gasteiger partial charge >= 0.3 is 0 Å². The number of sulfone groups is 1. The van der Waals surface area contributed by atoms with Crippen LogP contribution in [0.2, 0.25) is 0 Å². The van der Waals surface area contributed by atoms with E-state index in [0.29, 0.717) is 0 Å². The summed E-state index contributed by atoms with van der Waals surface area (Å²) in [6.45, 7) is 0. The van der Waals surface area contributed by atoms with Crippen LogP contribution < -0.4 is 5.43 Å². The van der Waals surface area contributed by atoms with Gasteiger partial charge in [0, 0.05) is 6.26 Å². The fourth-order valence-electron chi connectivity index (χ4n) is 1.72. The van der Waals surface area contributed by atoms with E-state index in [1.54, 1.807) is 0 Å². The van der Waals surface area contributed by atoms with Crippen molar-refractivity contribution in [2.24, 2.45) is 0 Å². The third kappa shape index (κ3) is 2.45. The van der Waals surface area contributed by atoms with Crippen molar-refractivity contribution in [3.63, 3.8) is 0 Å². The van der Waals surface area contributed by atoms with Gasteiger partial charge in [-0.2, -0.15) is 0 Å². The van der Waals surface area contributed by atoms with E-state index in [4.69, 9.17) is 4.42 Å². The number of benzene rings is 1. The van der Waals surface area contributed by atoms with Crippen LogP contribution in [-0.4, -0.2) is 24.9 Å². The summed E-state index contributed by atoms with van der Waals surface area (Å²) in [4.78, 5) is 12.3. The minimum absolute atomic E-state index is 0.0421. The molecular weight excluding hydrogens is 319 g/mol. The van der Waals surface area contributed by atoms with Crippen LogP contribution in [0.25, 0.3) is 21.5 Å². The van der Waals surface area contributed by atoms with E-state index in [1.165, 1.54) is 12.1 Å². The molecule has 6 nitrogen and oxygen atoms in total. The van der Waals surface area contributed by atoms with E-state index in [0.717, 1.165) is 29.9 Å². The molecule has 0 aliphatic heterocycles. The Morgan fingerprint density at radius 2 is 2.05 bits per heavy atom. The molecule has 0 unspecified atom stereocenters. The van der Waals surface area contributed by atoms with Gasteiger partial charge in [-0.1, -0.05) is 11.3 Å². The van der Waals surface area contributed by atoms with Crippen molar-refractivity contribution >= 4 is 32.1 Å². The largest absolute Gasteiger partial charge is 0.463 e. The number of fused-ring (bicyclic) bond motifs is 1. The highest BCUT2D eigenvalue weighted by atomic mass is 32.2. The Labute approximate surface area is 121 Å². The molecule has 0 saturated carbocycles. The quantitative estimate of drug-likeness (QED) is 0.714. The monoisotopic (exact) mass is 326 g/mol. The molecule has 2 aromatic heterocycles. The van der Waals surface area contributed by atoms with E-state index < -0.39 is 21.1 Å². The van der Waals surface area contributed by atoms with E-state index in [1.807, 2.05) is 0 Å². The minimum Gasteiger partial charge on any atom is -0.463 e. The van der Waals surface area contributed by atoms with Gasteiger partial charge in [0.05, 0.1) is 10.9 Å². The molecule has 9 heteroatoms. The predicted molar refractivity (Wildman–Crippen MR) is 74.5 cm³/mol. The topological polar surface area (TPSA) is 90.1 Å². The first-order valence-corrected chi connectivity index (χ1v) is 8.32. The molecule has 2 heterocycles. The number of nitrogens with zero attached hydrogens (tertiary/aromatic N) is 2. The van der Waals surface area contributed by atoms with Gasteiger partial charge in [0.1, 0.15) is 17.7 Å². The lowest BCUT2D eigenvalue weighted by Gasteiger charge is -1.99. The van der Waals surface area contributed by atoms with Gasteiger partial charge in [-0.15, -0.1) is 10.2 Å². The Bertz CT molecular complexity index is 1010. The molecule has 0 saturated heterocycles. The van der Waals surface area contributed by atoms with Crippen LogP contribution in [0.4, 0.5) is 4.39 Å². The van der Waals surface area contributed by atoms with Gasteiger partial charge in [-0.05, 0) is 18.2 Å². The molecule has 0 radical (unpaired) electrons. The number of halogens is 1. The highest BCUT2D eigenvalue weighted by Gasteiger charge is 2.18. The van der Waals surface area contributed by atoms with E-state index >= 15 is 0 Å². The Kier molecular flexibility index (Phi) is 3.10. The lowest BCUT2D eigenvalue weighted by atomic mass is 10.2. The SMILES string of the molecule is CS(=O)(=O)c1nnc(-c2coc3ccc(F)cc3c2=O)s1. The van der Waals surface area contributed by atoms with E-state index in [2.05, 4.69) is 10.2 Å². The summed E-state index contributed by atoms with van der Waals surface area (Å²) in [6, 6.07) is 3.58. The molecule has 21 heavy (non-hydrogen) atoms. The van der Waals surface area contributed by atoms with Crippen LogP contribution >= 0.6 is 11.3 Å². The summed E-state index contributed by atoms with van der Waals surface area (Å²) in [5.41, 5.74) is -0.217. The molecular formula is C12H7FN2O4S2. The second-order valence-corrected chi connectivity index (χ2v) is 7.43. The molecule has 3 aromatic rings. The summed E-state index contributed by atoms with van der Waals surface area (Å²) in [5, 5.41) is 7.37. The molecule has 0 bridgehead atoms. The van der Waals surface area contributed by atoms with Crippen molar-refractivity contribution in [1.82, 2.24) is 10.2 Å². The maximum Gasteiger partial charge on any atom is 0.232 e.